The van der Waals surface area contributed by atoms with E-state index in [1.807, 2.05) is 0 Å². The van der Waals surface area contributed by atoms with Crippen molar-refractivity contribution in [1.29, 1.82) is 0 Å². The lowest BCUT2D eigenvalue weighted by atomic mass is 10.00. The average Bonchev–Trinajstić information content (AvgIpc) is 2.35. The van der Waals surface area contributed by atoms with Gasteiger partial charge in [-0.25, -0.2) is 0 Å². The first kappa shape index (κ1) is 5.69. The third kappa shape index (κ3) is 0.775. The van der Waals surface area contributed by atoms with Gasteiger partial charge >= 0.3 is 0 Å². The molecule has 2 aliphatic rings. The standard InChI is InChI=1S/C7H13NO/c9-7-2-1-5-3-8-4-6(5)7/h5-9H,1-4H2/t5-,6-,7+/m0/s1. The zero-order valence-electron chi connectivity index (χ0n) is 5.51. The third-order valence-electron chi connectivity index (χ3n) is 2.72. The van der Waals surface area contributed by atoms with Crippen LogP contribution in [-0.2, 0) is 0 Å². The monoisotopic (exact) mass is 127 g/mol. The molecule has 1 aliphatic carbocycles. The number of nitrogens with one attached hydrogen (secondary N) is 1. The summed E-state index contributed by atoms with van der Waals surface area (Å²) in [6.07, 6.45) is 2.28. The van der Waals surface area contributed by atoms with Crippen LogP contribution in [-0.4, -0.2) is 24.3 Å². The fourth-order valence-electron chi connectivity index (χ4n) is 2.12. The molecule has 3 atom stereocenters. The Bertz CT molecular complexity index is 115. The minimum absolute atomic E-state index is 0.00463. The Kier molecular flexibility index (Phi) is 1.24. The molecule has 0 aromatic carbocycles. The average molecular weight is 127 g/mol. The minimum atomic E-state index is 0.00463. The summed E-state index contributed by atoms with van der Waals surface area (Å²) in [6, 6.07) is 0. The molecule has 0 radical (unpaired) electrons. The maximum absolute atomic E-state index is 9.36. The molecule has 2 rings (SSSR count). The van der Waals surface area contributed by atoms with E-state index in [-0.39, 0.29) is 6.10 Å². The highest BCUT2D eigenvalue weighted by Crippen LogP contribution is 2.33. The summed E-state index contributed by atoms with van der Waals surface area (Å²) in [7, 11) is 0. The Balaban J connectivity index is 2.07. The number of rotatable bonds is 0. The largest absolute Gasteiger partial charge is 0.393 e. The van der Waals surface area contributed by atoms with Crippen LogP contribution in [0.4, 0.5) is 0 Å². The molecule has 2 N–H and O–H groups in total. The third-order valence-corrected chi connectivity index (χ3v) is 2.72. The van der Waals surface area contributed by atoms with Gasteiger partial charge in [0.25, 0.3) is 0 Å². The van der Waals surface area contributed by atoms with Crippen LogP contribution in [0.1, 0.15) is 12.8 Å². The molecule has 0 unspecified atom stereocenters. The summed E-state index contributed by atoms with van der Waals surface area (Å²) in [5, 5.41) is 12.7. The normalized spacial score (nSPS) is 49.7. The number of aliphatic hydroxyl groups excluding tert-OH is 1. The van der Waals surface area contributed by atoms with E-state index in [4.69, 9.17) is 0 Å². The van der Waals surface area contributed by atoms with Gasteiger partial charge in [-0.2, -0.15) is 0 Å². The van der Waals surface area contributed by atoms with Gasteiger partial charge < -0.3 is 10.4 Å². The molecule has 52 valence electrons. The maximum atomic E-state index is 9.36. The van der Waals surface area contributed by atoms with Gasteiger partial charge in [0.15, 0.2) is 0 Å². The van der Waals surface area contributed by atoms with Gasteiger partial charge in [0.1, 0.15) is 0 Å². The smallest absolute Gasteiger partial charge is 0.0583 e. The molecule has 2 fully saturated rings. The molecule has 0 amide bonds. The predicted octanol–water partition coefficient (Wildman–Crippen LogP) is -0.0233. The van der Waals surface area contributed by atoms with Crippen LogP contribution in [0.15, 0.2) is 0 Å². The summed E-state index contributed by atoms with van der Waals surface area (Å²) in [4.78, 5) is 0. The zero-order valence-corrected chi connectivity index (χ0v) is 5.51. The number of fused-ring (bicyclic) bond motifs is 1. The van der Waals surface area contributed by atoms with Crippen LogP contribution in [0.2, 0.25) is 0 Å². The van der Waals surface area contributed by atoms with Crippen molar-refractivity contribution in [3.63, 3.8) is 0 Å². The fraction of sp³-hybridized carbons (Fsp3) is 1.00. The highest BCUT2D eigenvalue weighted by Gasteiger charge is 2.37. The van der Waals surface area contributed by atoms with Crippen LogP contribution in [0.25, 0.3) is 0 Å². The van der Waals surface area contributed by atoms with Gasteiger partial charge in [-0.15, -0.1) is 0 Å². The topological polar surface area (TPSA) is 32.3 Å². The van der Waals surface area contributed by atoms with Crippen molar-refractivity contribution < 1.29 is 5.11 Å². The summed E-state index contributed by atoms with van der Waals surface area (Å²) in [5.41, 5.74) is 0. The van der Waals surface area contributed by atoms with Gasteiger partial charge in [-0.1, -0.05) is 0 Å². The molecule has 0 spiro atoms. The van der Waals surface area contributed by atoms with E-state index in [2.05, 4.69) is 5.32 Å². The van der Waals surface area contributed by atoms with Crippen LogP contribution >= 0.6 is 0 Å². The molecule has 1 aliphatic heterocycles. The highest BCUT2D eigenvalue weighted by atomic mass is 16.3. The Morgan fingerprint density at radius 3 is 2.89 bits per heavy atom. The Morgan fingerprint density at radius 1 is 1.22 bits per heavy atom. The molecule has 2 nitrogen and oxygen atoms in total. The minimum Gasteiger partial charge on any atom is -0.393 e. The van der Waals surface area contributed by atoms with Gasteiger partial charge in [0.2, 0.25) is 0 Å². The second-order valence-electron chi connectivity index (χ2n) is 3.23. The van der Waals surface area contributed by atoms with Gasteiger partial charge in [0.05, 0.1) is 6.10 Å². The van der Waals surface area contributed by atoms with E-state index < -0.39 is 0 Å². The molecular weight excluding hydrogens is 114 g/mol. The van der Waals surface area contributed by atoms with Crippen LogP contribution in [0, 0.1) is 11.8 Å². The van der Waals surface area contributed by atoms with Crippen LogP contribution in [0.5, 0.6) is 0 Å². The summed E-state index contributed by atoms with van der Waals surface area (Å²) in [6.45, 7) is 2.19. The number of hydrogen-bond acceptors (Lipinski definition) is 2. The van der Waals surface area contributed by atoms with E-state index in [9.17, 15) is 5.11 Å². The fourth-order valence-corrected chi connectivity index (χ4v) is 2.12. The Morgan fingerprint density at radius 2 is 2.11 bits per heavy atom. The van der Waals surface area contributed by atoms with Crippen molar-refractivity contribution in [2.75, 3.05) is 13.1 Å². The van der Waals surface area contributed by atoms with E-state index in [0.717, 1.165) is 25.4 Å². The Labute approximate surface area is 55.3 Å². The van der Waals surface area contributed by atoms with Crippen molar-refractivity contribution in [2.45, 2.75) is 18.9 Å². The van der Waals surface area contributed by atoms with Crippen LogP contribution in [0.3, 0.4) is 0 Å². The first-order chi connectivity index (χ1) is 4.38. The molecule has 0 aromatic rings. The SMILES string of the molecule is O[C@@H]1CC[C@H]2CNC[C@@H]21. The van der Waals surface area contributed by atoms with Crippen molar-refractivity contribution in [3.8, 4) is 0 Å². The molecule has 1 saturated carbocycles. The van der Waals surface area contributed by atoms with E-state index in [0.29, 0.717) is 5.92 Å². The lowest BCUT2D eigenvalue weighted by molar-refractivity contribution is 0.133. The van der Waals surface area contributed by atoms with Crippen molar-refractivity contribution >= 4 is 0 Å². The highest BCUT2D eigenvalue weighted by molar-refractivity contribution is 4.91. The predicted molar refractivity (Wildman–Crippen MR) is 35.1 cm³/mol. The lowest BCUT2D eigenvalue weighted by Crippen LogP contribution is -2.19. The first-order valence-electron chi connectivity index (χ1n) is 3.76. The molecule has 9 heavy (non-hydrogen) atoms. The van der Waals surface area contributed by atoms with Gasteiger partial charge in [-0.3, -0.25) is 0 Å². The van der Waals surface area contributed by atoms with Crippen LogP contribution < -0.4 is 5.32 Å². The molecule has 0 bridgehead atoms. The molecule has 1 saturated heterocycles. The molecule has 0 aromatic heterocycles. The summed E-state index contributed by atoms with van der Waals surface area (Å²) in [5.74, 6) is 1.38. The molecular formula is C7H13NO. The summed E-state index contributed by atoms with van der Waals surface area (Å²) < 4.78 is 0. The number of hydrogen-bond donors (Lipinski definition) is 2. The van der Waals surface area contributed by atoms with Gasteiger partial charge in [0, 0.05) is 12.5 Å². The second-order valence-corrected chi connectivity index (χ2v) is 3.23. The van der Waals surface area contributed by atoms with Crippen molar-refractivity contribution in [2.24, 2.45) is 11.8 Å². The van der Waals surface area contributed by atoms with E-state index in [1.54, 1.807) is 0 Å². The molecule has 2 heteroatoms. The van der Waals surface area contributed by atoms with E-state index in [1.165, 1.54) is 6.42 Å². The van der Waals surface area contributed by atoms with E-state index >= 15 is 0 Å². The second kappa shape index (κ2) is 1.96. The summed E-state index contributed by atoms with van der Waals surface area (Å²) >= 11 is 0. The quantitative estimate of drug-likeness (QED) is 0.479. The molecule has 1 heterocycles. The number of aliphatic hydroxyl groups is 1. The van der Waals surface area contributed by atoms with Crippen molar-refractivity contribution in [1.82, 2.24) is 5.32 Å². The van der Waals surface area contributed by atoms with Crippen molar-refractivity contribution in [3.05, 3.63) is 0 Å². The zero-order chi connectivity index (χ0) is 6.27. The Hall–Kier alpha value is -0.0800. The maximum Gasteiger partial charge on any atom is 0.0583 e. The first-order valence-corrected chi connectivity index (χ1v) is 3.76. The lowest BCUT2D eigenvalue weighted by Gasteiger charge is -2.09. The van der Waals surface area contributed by atoms with Gasteiger partial charge in [-0.05, 0) is 25.3 Å².